The van der Waals surface area contributed by atoms with Gasteiger partial charge in [0.05, 0.1) is 24.3 Å². The summed E-state index contributed by atoms with van der Waals surface area (Å²) in [6.07, 6.45) is 1.87. The van der Waals surface area contributed by atoms with E-state index in [0.717, 1.165) is 12.1 Å². The highest BCUT2D eigenvalue weighted by molar-refractivity contribution is 6.32. The fourth-order valence-electron chi connectivity index (χ4n) is 3.92. The summed E-state index contributed by atoms with van der Waals surface area (Å²) >= 11 is 6.22. The van der Waals surface area contributed by atoms with E-state index >= 15 is 0 Å². The molecule has 1 aromatic carbocycles. The summed E-state index contributed by atoms with van der Waals surface area (Å²) in [5.41, 5.74) is 2.88. The maximum Gasteiger partial charge on any atom is 0.336 e. The average Bonchev–Trinajstić information content (AvgIpc) is 2.72. The Kier molecular flexibility index (Phi) is 7.05. The maximum absolute atomic E-state index is 13.0. The first-order chi connectivity index (χ1) is 14.4. The highest BCUT2D eigenvalue weighted by Gasteiger charge is 2.39. The van der Waals surface area contributed by atoms with Crippen molar-refractivity contribution in [2.24, 2.45) is 0 Å². The van der Waals surface area contributed by atoms with Crippen LogP contribution in [0.5, 0.6) is 11.5 Å². The fraction of sp³-hybridized carbons (Fsp3) is 0.455. The number of carbonyl (C=O) groups excluding carboxylic acids is 2. The minimum Gasteiger partial charge on any atom is -0.503 e. The number of dihydropyridines is 1. The summed E-state index contributed by atoms with van der Waals surface area (Å²) in [4.78, 5) is 25.9. The predicted molar refractivity (Wildman–Crippen MR) is 112 cm³/mol. The van der Waals surface area contributed by atoms with Gasteiger partial charge in [0.25, 0.3) is 0 Å². The van der Waals surface area contributed by atoms with Crippen molar-refractivity contribution >= 4 is 23.4 Å². The second-order valence-electron chi connectivity index (χ2n) is 7.15. The van der Waals surface area contributed by atoms with E-state index in [9.17, 15) is 14.7 Å². The van der Waals surface area contributed by atoms with E-state index in [0.29, 0.717) is 48.5 Å². The highest BCUT2D eigenvalue weighted by Crippen LogP contribution is 2.46. The van der Waals surface area contributed by atoms with Crippen LogP contribution in [0, 0.1) is 0 Å². The molecule has 1 atom stereocenters. The number of methoxy groups -OCH3 is 1. The Morgan fingerprint density at radius 3 is 2.77 bits per heavy atom. The molecule has 1 aliphatic carbocycles. The molecule has 1 unspecified atom stereocenters. The Balaban J connectivity index is 2.08. The molecule has 0 aromatic heterocycles. The summed E-state index contributed by atoms with van der Waals surface area (Å²) < 4.78 is 15.9. The predicted octanol–water partition coefficient (Wildman–Crippen LogP) is 3.60. The molecule has 3 rings (SSSR count). The normalized spacial score (nSPS) is 18.8. The minimum absolute atomic E-state index is 0.0240. The molecule has 1 heterocycles. The number of allylic oxidation sites excluding steroid dienone is 3. The monoisotopic (exact) mass is 435 g/mol. The van der Waals surface area contributed by atoms with Crippen LogP contribution in [0.2, 0.25) is 5.02 Å². The lowest BCUT2D eigenvalue weighted by Crippen LogP contribution is -2.34. The summed E-state index contributed by atoms with van der Waals surface area (Å²) in [7, 11) is 1.41. The number of hydrogen-bond acceptors (Lipinski definition) is 7. The van der Waals surface area contributed by atoms with E-state index in [1.54, 1.807) is 19.1 Å². The van der Waals surface area contributed by atoms with Gasteiger partial charge < -0.3 is 24.6 Å². The Morgan fingerprint density at radius 2 is 2.07 bits per heavy atom. The smallest absolute Gasteiger partial charge is 0.336 e. The number of phenols is 1. The van der Waals surface area contributed by atoms with Gasteiger partial charge in [-0.1, -0.05) is 11.6 Å². The molecule has 30 heavy (non-hydrogen) atoms. The molecule has 0 saturated heterocycles. The van der Waals surface area contributed by atoms with Gasteiger partial charge in [-0.05, 0) is 44.4 Å². The molecule has 1 aromatic rings. The van der Waals surface area contributed by atoms with Gasteiger partial charge >= 0.3 is 5.97 Å². The zero-order valence-electron chi connectivity index (χ0n) is 17.3. The van der Waals surface area contributed by atoms with Gasteiger partial charge in [-0.15, -0.1) is 0 Å². The van der Waals surface area contributed by atoms with Gasteiger partial charge in [-0.25, -0.2) is 4.79 Å². The standard InChI is InChI=1S/C22H26ClNO6/c1-4-29-8-9-30-22(27)18-12(2)24-15-6-5-7-16(25)20(15)19(18)13-10-14(23)21(26)17(11-13)28-3/h10-11,19,24,26H,4-9H2,1-3H3. The first kappa shape index (κ1) is 22.2. The summed E-state index contributed by atoms with van der Waals surface area (Å²) in [6, 6.07) is 3.16. The molecule has 7 nitrogen and oxygen atoms in total. The van der Waals surface area contributed by atoms with Gasteiger partial charge in [0.2, 0.25) is 0 Å². The van der Waals surface area contributed by atoms with Crippen molar-refractivity contribution in [3.8, 4) is 11.5 Å². The number of nitrogens with one attached hydrogen (secondary N) is 1. The second-order valence-corrected chi connectivity index (χ2v) is 7.56. The lowest BCUT2D eigenvalue weighted by Gasteiger charge is -2.34. The number of ether oxygens (including phenoxy) is 3. The second kappa shape index (κ2) is 9.53. The van der Waals surface area contributed by atoms with Gasteiger partial charge in [-0.3, -0.25) is 4.79 Å². The third-order valence-corrected chi connectivity index (χ3v) is 5.55. The van der Waals surface area contributed by atoms with Crippen LogP contribution < -0.4 is 10.1 Å². The first-order valence-corrected chi connectivity index (χ1v) is 10.3. The van der Waals surface area contributed by atoms with Crippen LogP contribution in [0.15, 0.2) is 34.7 Å². The number of phenolic OH excluding ortho intramolecular Hbond substituents is 1. The number of carbonyl (C=O) groups is 2. The lowest BCUT2D eigenvalue weighted by molar-refractivity contribution is -0.140. The number of Topliss-reactive ketones (excluding diaryl/α,β-unsaturated/α-hetero) is 1. The van der Waals surface area contributed by atoms with Crippen molar-refractivity contribution in [3.05, 3.63) is 45.3 Å². The zero-order valence-corrected chi connectivity index (χ0v) is 18.1. The van der Waals surface area contributed by atoms with Gasteiger partial charge in [0.1, 0.15) is 6.61 Å². The van der Waals surface area contributed by atoms with Crippen LogP contribution in [-0.2, 0) is 19.1 Å². The number of benzene rings is 1. The van der Waals surface area contributed by atoms with Crippen LogP contribution in [0.4, 0.5) is 0 Å². The molecule has 0 fully saturated rings. The molecule has 1 aliphatic heterocycles. The summed E-state index contributed by atoms with van der Waals surface area (Å²) in [5, 5.41) is 13.4. The van der Waals surface area contributed by atoms with Gasteiger partial charge in [-0.2, -0.15) is 0 Å². The molecule has 0 radical (unpaired) electrons. The Morgan fingerprint density at radius 1 is 1.30 bits per heavy atom. The maximum atomic E-state index is 13.0. The highest BCUT2D eigenvalue weighted by atomic mass is 35.5. The van der Waals surface area contributed by atoms with E-state index < -0.39 is 11.9 Å². The molecule has 8 heteroatoms. The van der Waals surface area contributed by atoms with Crippen molar-refractivity contribution in [1.29, 1.82) is 0 Å². The molecular weight excluding hydrogens is 410 g/mol. The van der Waals surface area contributed by atoms with Crippen LogP contribution >= 0.6 is 11.6 Å². The average molecular weight is 436 g/mol. The topological polar surface area (TPSA) is 94.1 Å². The van der Waals surface area contributed by atoms with E-state index in [1.807, 2.05) is 6.92 Å². The number of rotatable bonds is 7. The summed E-state index contributed by atoms with van der Waals surface area (Å²) in [6.45, 7) is 4.57. The number of aromatic hydroxyl groups is 1. The minimum atomic E-state index is -0.666. The molecule has 0 bridgehead atoms. The van der Waals surface area contributed by atoms with Crippen molar-refractivity contribution < 1.29 is 28.9 Å². The van der Waals surface area contributed by atoms with Crippen molar-refractivity contribution in [2.45, 2.75) is 39.0 Å². The molecule has 0 saturated carbocycles. The molecule has 2 aliphatic rings. The number of ketones is 1. The Labute approximate surface area is 180 Å². The van der Waals surface area contributed by atoms with Gasteiger partial charge in [0.15, 0.2) is 17.3 Å². The van der Waals surface area contributed by atoms with Crippen LogP contribution in [0.25, 0.3) is 0 Å². The molecule has 162 valence electrons. The van der Waals surface area contributed by atoms with Crippen LogP contribution in [-0.4, -0.2) is 43.8 Å². The van der Waals surface area contributed by atoms with Crippen LogP contribution in [0.1, 0.15) is 44.6 Å². The zero-order chi connectivity index (χ0) is 21.8. The largest absolute Gasteiger partial charge is 0.503 e. The van der Waals surface area contributed by atoms with Crippen molar-refractivity contribution in [1.82, 2.24) is 5.32 Å². The number of esters is 1. The SMILES string of the molecule is CCOCCOC(=O)C1=C(C)NC2=C(C(=O)CCC2)C1c1cc(Cl)c(O)c(OC)c1. The van der Waals surface area contributed by atoms with E-state index in [2.05, 4.69) is 5.32 Å². The van der Waals surface area contributed by atoms with E-state index in [4.69, 9.17) is 25.8 Å². The van der Waals surface area contributed by atoms with Crippen molar-refractivity contribution in [2.75, 3.05) is 26.9 Å². The third kappa shape index (κ3) is 4.32. The first-order valence-electron chi connectivity index (χ1n) is 9.94. The molecule has 2 N–H and O–H groups in total. The Hall–Kier alpha value is -2.51. The van der Waals surface area contributed by atoms with E-state index in [1.165, 1.54) is 7.11 Å². The van der Waals surface area contributed by atoms with Crippen LogP contribution in [0.3, 0.4) is 0 Å². The third-order valence-electron chi connectivity index (χ3n) is 5.26. The number of hydrogen-bond donors (Lipinski definition) is 2. The lowest BCUT2D eigenvalue weighted by atomic mass is 9.75. The van der Waals surface area contributed by atoms with Crippen molar-refractivity contribution in [3.63, 3.8) is 0 Å². The van der Waals surface area contributed by atoms with E-state index in [-0.39, 0.29) is 28.9 Å². The molecule has 0 spiro atoms. The number of halogens is 1. The summed E-state index contributed by atoms with van der Waals surface area (Å²) in [5.74, 6) is -1.24. The Bertz CT molecular complexity index is 920. The molecular formula is C22H26ClNO6. The van der Waals surface area contributed by atoms with Gasteiger partial charge in [0, 0.05) is 35.9 Å². The molecule has 0 amide bonds. The quantitative estimate of drug-likeness (QED) is 0.499. The fourth-order valence-corrected chi connectivity index (χ4v) is 4.14.